The molecule has 0 aliphatic rings. The third-order valence-electron chi connectivity index (χ3n) is 2.10. The number of aromatic nitrogens is 2. The fourth-order valence-corrected chi connectivity index (χ4v) is 1.61. The van der Waals surface area contributed by atoms with Crippen molar-refractivity contribution in [1.29, 1.82) is 0 Å². The Labute approximate surface area is 117 Å². The molecule has 3 N–H and O–H groups in total. The molecule has 92 valence electrons. The molecular weight excluding hydrogens is 320 g/mol. The normalized spacial score (nSPS) is 10.1. The van der Waals surface area contributed by atoms with Crippen molar-refractivity contribution in [3.8, 4) is 0 Å². The van der Waals surface area contributed by atoms with Crippen molar-refractivity contribution in [1.82, 2.24) is 9.97 Å². The van der Waals surface area contributed by atoms with Crippen LogP contribution in [0, 0.1) is 0 Å². The molecule has 2 heterocycles. The summed E-state index contributed by atoms with van der Waals surface area (Å²) < 4.78 is 0.831. The second-order valence-electron chi connectivity index (χ2n) is 3.41. The van der Waals surface area contributed by atoms with Crippen molar-refractivity contribution < 1.29 is 4.79 Å². The van der Waals surface area contributed by atoms with E-state index in [4.69, 9.17) is 17.3 Å². The molecule has 2 aromatic rings. The fraction of sp³-hybridized carbons (Fsp3) is 0. The summed E-state index contributed by atoms with van der Waals surface area (Å²) >= 11 is 9.05. The van der Waals surface area contributed by atoms with Gasteiger partial charge in [-0.3, -0.25) is 4.79 Å². The highest BCUT2D eigenvalue weighted by atomic mass is 79.9. The van der Waals surface area contributed by atoms with E-state index in [-0.39, 0.29) is 16.7 Å². The number of nitrogens with one attached hydrogen (secondary N) is 1. The molecule has 18 heavy (non-hydrogen) atoms. The van der Waals surface area contributed by atoms with Gasteiger partial charge in [0, 0.05) is 16.9 Å². The molecule has 0 aliphatic carbocycles. The van der Waals surface area contributed by atoms with Crippen LogP contribution in [0.4, 0.5) is 11.6 Å². The molecule has 0 bridgehead atoms. The smallest absolute Gasteiger partial charge is 0.258 e. The summed E-state index contributed by atoms with van der Waals surface area (Å²) in [5.74, 6) is 0.283. The second-order valence-corrected chi connectivity index (χ2v) is 4.73. The number of nitrogen functional groups attached to an aromatic ring is 1. The van der Waals surface area contributed by atoms with Crippen molar-refractivity contribution in [2.75, 3.05) is 11.1 Å². The van der Waals surface area contributed by atoms with Gasteiger partial charge in [0.1, 0.15) is 11.6 Å². The summed E-state index contributed by atoms with van der Waals surface area (Å²) in [7, 11) is 0. The van der Waals surface area contributed by atoms with E-state index in [1.54, 1.807) is 18.3 Å². The van der Waals surface area contributed by atoms with Gasteiger partial charge in [-0.25, -0.2) is 9.97 Å². The van der Waals surface area contributed by atoms with Gasteiger partial charge in [0.25, 0.3) is 5.91 Å². The zero-order valence-electron chi connectivity index (χ0n) is 9.02. The molecule has 0 aromatic carbocycles. The van der Waals surface area contributed by atoms with Gasteiger partial charge in [0.2, 0.25) is 0 Å². The van der Waals surface area contributed by atoms with E-state index in [9.17, 15) is 4.79 Å². The molecule has 0 saturated carbocycles. The number of amides is 1. The maximum Gasteiger partial charge on any atom is 0.258 e. The molecule has 2 aromatic heterocycles. The Balaban J connectivity index is 2.16. The molecule has 0 radical (unpaired) electrons. The maximum atomic E-state index is 11.9. The van der Waals surface area contributed by atoms with Crippen LogP contribution in [-0.4, -0.2) is 15.9 Å². The average molecular weight is 328 g/mol. The van der Waals surface area contributed by atoms with Crippen LogP contribution < -0.4 is 11.1 Å². The van der Waals surface area contributed by atoms with Crippen LogP contribution >= 0.6 is 27.5 Å². The molecule has 0 fully saturated rings. The Kier molecular flexibility index (Phi) is 3.78. The van der Waals surface area contributed by atoms with Crippen LogP contribution in [-0.2, 0) is 0 Å². The molecule has 0 saturated heterocycles. The standard InChI is InChI=1S/C11H8BrClN4O/c12-7-1-2-9(15-5-7)17-11(18)6-3-8(13)10(14)16-4-6/h1-5H,(H2,14,16)(H,15,17,18). The lowest BCUT2D eigenvalue weighted by molar-refractivity contribution is 0.102. The van der Waals surface area contributed by atoms with Gasteiger partial charge < -0.3 is 11.1 Å². The highest BCUT2D eigenvalue weighted by molar-refractivity contribution is 9.10. The molecule has 1 amide bonds. The van der Waals surface area contributed by atoms with Crippen molar-refractivity contribution in [3.05, 3.63) is 45.7 Å². The molecule has 5 nitrogen and oxygen atoms in total. The zero-order valence-corrected chi connectivity index (χ0v) is 11.4. The number of hydrogen-bond donors (Lipinski definition) is 2. The van der Waals surface area contributed by atoms with Gasteiger partial charge in [0.15, 0.2) is 0 Å². The zero-order chi connectivity index (χ0) is 13.1. The number of nitrogens with zero attached hydrogens (tertiary/aromatic N) is 2. The van der Waals surface area contributed by atoms with Gasteiger partial charge in [-0.1, -0.05) is 11.6 Å². The quantitative estimate of drug-likeness (QED) is 0.888. The number of rotatable bonds is 2. The van der Waals surface area contributed by atoms with E-state index in [0.717, 1.165) is 4.47 Å². The highest BCUT2D eigenvalue weighted by Crippen LogP contribution is 2.17. The molecule has 0 unspecified atom stereocenters. The van der Waals surface area contributed by atoms with Crippen molar-refractivity contribution in [2.45, 2.75) is 0 Å². The van der Waals surface area contributed by atoms with Crippen LogP contribution in [0.2, 0.25) is 5.02 Å². The van der Waals surface area contributed by atoms with E-state index >= 15 is 0 Å². The van der Waals surface area contributed by atoms with Crippen LogP contribution in [0.15, 0.2) is 35.1 Å². The molecule has 7 heteroatoms. The number of carbonyl (C=O) groups is 1. The summed E-state index contributed by atoms with van der Waals surface area (Å²) in [6, 6.07) is 4.91. The number of halogens is 2. The van der Waals surface area contributed by atoms with Crippen LogP contribution in [0.5, 0.6) is 0 Å². The van der Waals surface area contributed by atoms with Gasteiger partial charge in [-0.15, -0.1) is 0 Å². The first-order valence-electron chi connectivity index (χ1n) is 4.90. The van der Waals surface area contributed by atoms with Gasteiger partial charge in [0.05, 0.1) is 10.6 Å². The maximum absolute atomic E-state index is 11.9. The SMILES string of the molecule is Nc1ncc(C(=O)Nc2ccc(Br)cn2)cc1Cl. The van der Waals surface area contributed by atoms with E-state index in [1.807, 2.05) is 0 Å². The second kappa shape index (κ2) is 5.32. The number of pyridine rings is 2. The Morgan fingerprint density at radius 2 is 2.11 bits per heavy atom. The summed E-state index contributed by atoms with van der Waals surface area (Å²) in [6.45, 7) is 0. The largest absolute Gasteiger partial charge is 0.382 e. The lowest BCUT2D eigenvalue weighted by Crippen LogP contribution is -2.13. The lowest BCUT2D eigenvalue weighted by Gasteiger charge is -2.05. The lowest BCUT2D eigenvalue weighted by atomic mass is 10.2. The summed E-state index contributed by atoms with van der Waals surface area (Å²) in [4.78, 5) is 19.7. The number of carbonyl (C=O) groups excluding carboxylic acids is 1. The molecule has 0 aliphatic heterocycles. The minimum absolute atomic E-state index is 0.190. The fourth-order valence-electron chi connectivity index (χ4n) is 1.21. The van der Waals surface area contributed by atoms with E-state index in [2.05, 4.69) is 31.2 Å². The topological polar surface area (TPSA) is 80.9 Å². The van der Waals surface area contributed by atoms with Crippen LogP contribution in [0.25, 0.3) is 0 Å². The van der Waals surface area contributed by atoms with Gasteiger partial charge >= 0.3 is 0 Å². The van der Waals surface area contributed by atoms with Crippen molar-refractivity contribution in [2.24, 2.45) is 0 Å². The Morgan fingerprint density at radius 3 is 2.72 bits per heavy atom. The van der Waals surface area contributed by atoms with E-state index in [1.165, 1.54) is 12.3 Å². The number of nitrogens with two attached hydrogens (primary N) is 1. The minimum atomic E-state index is -0.348. The van der Waals surface area contributed by atoms with Crippen molar-refractivity contribution in [3.63, 3.8) is 0 Å². The first-order chi connectivity index (χ1) is 8.56. The Bertz CT molecular complexity index is 588. The minimum Gasteiger partial charge on any atom is -0.382 e. The number of hydrogen-bond acceptors (Lipinski definition) is 4. The molecule has 0 spiro atoms. The third-order valence-corrected chi connectivity index (χ3v) is 2.87. The molecule has 2 rings (SSSR count). The first kappa shape index (κ1) is 12.8. The summed E-state index contributed by atoms with van der Waals surface area (Å²) in [6.07, 6.45) is 2.94. The predicted octanol–water partition coefficient (Wildman–Crippen LogP) is 2.73. The van der Waals surface area contributed by atoms with E-state index < -0.39 is 0 Å². The molecule has 0 atom stereocenters. The van der Waals surface area contributed by atoms with Crippen molar-refractivity contribution >= 4 is 45.1 Å². The first-order valence-corrected chi connectivity index (χ1v) is 6.07. The van der Waals surface area contributed by atoms with Crippen LogP contribution in [0.1, 0.15) is 10.4 Å². The predicted molar refractivity (Wildman–Crippen MR) is 73.5 cm³/mol. The monoisotopic (exact) mass is 326 g/mol. The third kappa shape index (κ3) is 2.96. The van der Waals surface area contributed by atoms with Gasteiger partial charge in [-0.2, -0.15) is 0 Å². The summed E-state index contributed by atoms with van der Waals surface area (Å²) in [5, 5.41) is 2.86. The Hall–Kier alpha value is -1.66. The Morgan fingerprint density at radius 1 is 1.33 bits per heavy atom. The summed E-state index contributed by atoms with van der Waals surface area (Å²) in [5.41, 5.74) is 5.78. The molecular formula is C11H8BrClN4O. The van der Waals surface area contributed by atoms with Crippen LogP contribution in [0.3, 0.4) is 0 Å². The van der Waals surface area contributed by atoms with E-state index in [0.29, 0.717) is 11.4 Å². The average Bonchev–Trinajstić information content (AvgIpc) is 2.35. The van der Waals surface area contributed by atoms with Gasteiger partial charge in [-0.05, 0) is 34.1 Å². The highest BCUT2D eigenvalue weighted by Gasteiger charge is 2.09. The number of anilines is 2.